The van der Waals surface area contributed by atoms with Crippen molar-refractivity contribution in [2.24, 2.45) is 0 Å². The average Bonchev–Trinajstić information content (AvgIpc) is 3.24. The van der Waals surface area contributed by atoms with Gasteiger partial charge >= 0.3 is 6.01 Å². The third-order valence-corrected chi connectivity index (χ3v) is 4.97. The van der Waals surface area contributed by atoms with Crippen molar-refractivity contribution in [1.82, 2.24) is 15.0 Å². The number of methoxy groups -OCH3 is 1. The van der Waals surface area contributed by atoms with Crippen LogP contribution in [0.1, 0.15) is 11.8 Å². The third-order valence-electron chi connectivity index (χ3n) is 4.97. The van der Waals surface area contributed by atoms with Crippen LogP contribution in [0.2, 0.25) is 0 Å². The van der Waals surface area contributed by atoms with Crippen molar-refractivity contribution in [1.29, 1.82) is 0 Å². The summed E-state index contributed by atoms with van der Waals surface area (Å²) in [5, 5.41) is 6.60. The minimum atomic E-state index is -0.207. The molecule has 1 aromatic heterocycles. The Kier molecular flexibility index (Phi) is 4.94. The van der Waals surface area contributed by atoms with Gasteiger partial charge < -0.3 is 29.7 Å². The van der Waals surface area contributed by atoms with Crippen molar-refractivity contribution in [3.8, 4) is 11.8 Å². The van der Waals surface area contributed by atoms with Crippen molar-refractivity contribution in [2.45, 2.75) is 6.23 Å². The van der Waals surface area contributed by atoms with E-state index in [1.165, 1.54) is 0 Å². The van der Waals surface area contributed by atoms with Gasteiger partial charge in [-0.05, 0) is 24.3 Å². The van der Waals surface area contributed by atoms with Gasteiger partial charge in [0, 0.05) is 24.3 Å². The maximum absolute atomic E-state index is 5.97. The van der Waals surface area contributed by atoms with E-state index in [1.54, 1.807) is 7.11 Å². The molecule has 9 nitrogen and oxygen atoms in total. The van der Waals surface area contributed by atoms with Gasteiger partial charge in [-0.15, -0.1) is 0 Å². The van der Waals surface area contributed by atoms with Crippen LogP contribution >= 0.6 is 0 Å². The molecule has 30 heavy (non-hydrogen) atoms. The van der Waals surface area contributed by atoms with Crippen molar-refractivity contribution in [3.05, 3.63) is 54.1 Å². The van der Waals surface area contributed by atoms with E-state index in [4.69, 9.17) is 14.2 Å². The lowest BCUT2D eigenvalue weighted by atomic mass is 10.2. The Morgan fingerprint density at radius 1 is 1.03 bits per heavy atom. The Morgan fingerprint density at radius 3 is 2.60 bits per heavy atom. The van der Waals surface area contributed by atoms with Crippen LogP contribution in [-0.2, 0) is 4.74 Å². The second kappa shape index (κ2) is 8.03. The first kappa shape index (κ1) is 18.4. The van der Waals surface area contributed by atoms with Gasteiger partial charge in [-0.1, -0.05) is 24.3 Å². The molecule has 0 saturated carbocycles. The summed E-state index contributed by atoms with van der Waals surface area (Å²) in [6.45, 7) is 2.77. The van der Waals surface area contributed by atoms with E-state index >= 15 is 0 Å². The minimum absolute atomic E-state index is 0.207. The van der Waals surface area contributed by atoms with E-state index in [0.717, 1.165) is 35.8 Å². The lowest BCUT2D eigenvalue weighted by molar-refractivity contribution is 0.122. The summed E-state index contributed by atoms with van der Waals surface area (Å²) in [7, 11) is 1.55. The number of ether oxygens (including phenoxy) is 3. The van der Waals surface area contributed by atoms with Crippen LogP contribution < -0.4 is 25.0 Å². The molecule has 1 fully saturated rings. The number of aromatic nitrogens is 3. The number of hydrogen-bond donors (Lipinski definition) is 2. The summed E-state index contributed by atoms with van der Waals surface area (Å²) in [4.78, 5) is 15.3. The maximum Gasteiger partial charge on any atom is 0.322 e. The largest absolute Gasteiger partial charge is 0.467 e. The number of fused-ring (bicyclic) bond motifs is 1. The number of rotatable bonds is 5. The van der Waals surface area contributed by atoms with Crippen LogP contribution in [0.5, 0.6) is 11.8 Å². The summed E-state index contributed by atoms with van der Waals surface area (Å²) in [6.07, 6.45) is -0.207. The molecule has 0 unspecified atom stereocenters. The number of nitrogens with one attached hydrogen (secondary N) is 2. The fourth-order valence-electron chi connectivity index (χ4n) is 3.41. The molecule has 0 spiro atoms. The van der Waals surface area contributed by atoms with Crippen molar-refractivity contribution < 1.29 is 14.2 Å². The first-order chi connectivity index (χ1) is 14.8. The summed E-state index contributed by atoms with van der Waals surface area (Å²) >= 11 is 0. The van der Waals surface area contributed by atoms with E-state index in [2.05, 4.69) is 30.5 Å². The van der Waals surface area contributed by atoms with E-state index in [9.17, 15) is 0 Å². The average molecular weight is 406 g/mol. The first-order valence-corrected chi connectivity index (χ1v) is 9.80. The Labute approximate surface area is 174 Å². The standard InChI is InChI=1S/C21H22N6O3/c1-28-21-25-19(24-20(26-21)27-10-12-29-13-11-27)22-15-8-6-14(7-9-15)18-23-16-4-2-3-5-17(16)30-18/h2-9,18,23H,10-13H2,1H3,(H,22,24,25,26)/t18-/m1/s1. The molecule has 3 heterocycles. The fraction of sp³-hybridized carbons (Fsp3) is 0.286. The third kappa shape index (κ3) is 3.79. The Bertz CT molecular complexity index is 999. The van der Waals surface area contributed by atoms with Crippen molar-refractivity contribution in [3.63, 3.8) is 0 Å². The summed E-state index contributed by atoms with van der Waals surface area (Å²) in [6, 6.07) is 16.1. The predicted octanol–water partition coefficient (Wildman–Crippen LogP) is 2.96. The van der Waals surface area contributed by atoms with Gasteiger partial charge in [0.15, 0.2) is 6.23 Å². The van der Waals surface area contributed by atoms with Crippen LogP contribution in [0.4, 0.5) is 23.3 Å². The molecule has 9 heteroatoms. The second-order valence-electron chi connectivity index (χ2n) is 6.93. The van der Waals surface area contributed by atoms with E-state index in [1.807, 2.05) is 48.5 Å². The molecule has 2 N–H and O–H groups in total. The molecule has 5 rings (SSSR count). The smallest absolute Gasteiger partial charge is 0.322 e. The summed E-state index contributed by atoms with van der Waals surface area (Å²) in [5.41, 5.74) is 2.88. The number of hydrogen-bond acceptors (Lipinski definition) is 9. The van der Waals surface area contributed by atoms with Crippen LogP contribution in [0.3, 0.4) is 0 Å². The van der Waals surface area contributed by atoms with Gasteiger partial charge in [-0.3, -0.25) is 0 Å². The molecule has 3 aromatic rings. The van der Waals surface area contributed by atoms with E-state index in [-0.39, 0.29) is 12.2 Å². The number of benzene rings is 2. The molecule has 1 atom stereocenters. The van der Waals surface area contributed by atoms with E-state index < -0.39 is 0 Å². The van der Waals surface area contributed by atoms with Gasteiger partial charge in [0.05, 0.1) is 26.0 Å². The lowest BCUT2D eigenvalue weighted by Gasteiger charge is -2.26. The summed E-state index contributed by atoms with van der Waals surface area (Å²) < 4.78 is 16.6. The van der Waals surface area contributed by atoms with Crippen molar-refractivity contribution in [2.75, 3.05) is 48.9 Å². The zero-order valence-corrected chi connectivity index (χ0v) is 16.5. The van der Waals surface area contributed by atoms with Crippen LogP contribution in [-0.4, -0.2) is 48.4 Å². The molecular weight excluding hydrogens is 384 g/mol. The lowest BCUT2D eigenvalue weighted by Crippen LogP contribution is -2.37. The predicted molar refractivity (Wildman–Crippen MR) is 113 cm³/mol. The monoisotopic (exact) mass is 406 g/mol. The van der Waals surface area contributed by atoms with Gasteiger partial charge in [0.25, 0.3) is 0 Å². The molecule has 2 aliphatic heterocycles. The zero-order chi connectivity index (χ0) is 20.3. The van der Waals surface area contributed by atoms with E-state index in [0.29, 0.717) is 25.1 Å². The highest BCUT2D eigenvalue weighted by atomic mass is 16.5. The van der Waals surface area contributed by atoms with Crippen LogP contribution in [0.15, 0.2) is 48.5 Å². The highest BCUT2D eigenvalue weighted by Crippen LogP contribution is 2.37. The van der Waals surface area contributed by atoms with Gasteiger partial charge in [-0.2, -0.15) is 15.0 Å². The SMILES string of the molecule is COc1nc(Nc2ccc([C@@H]3Nc4ccccc4O3)cc2)nc(N2CCOCC2)n1. The molecular formula is C21H22N6O3. The van der Waals surface area contributed by atoms with Gasteiger partial charge in [0.1, 0.15) is 5.75 Å². The molecule has 0 amide bonds. The molecule has 1 saturated heterocycles. The first-order valence-electron chi connectivity index (χ1n) is 9.80. The topological polar surface area (TPSA) is 93.7 Å². The zero-order valence-electron chi connectivity index (χ0n) is 16.5. The molecule has 154 valence electrons. The molecule has 0 aliphatic carbocycles. The van der Waals surface area contributed by atoms with Gasteiger partial charge in [-0.25, -0.2) is 0 Å². The number of para-hydroxylation sites is 2. The van der Waals surface area contributed by atoms with Crippen molar-refractivity contribution >= 4 is 23.3 Å². The van der Waals surface area contributed by atoms with Crippen LogP contribution in [0, 0.1) is 0 Å². The number of nitrogens with zero attached hydrogens (tertiary/aromatic N) is 4. The Hall–Kier alpha value is -3.59. The highest BCUT2D eigenvalue weighted by Gasteiger charge is 2.22. The Morgan fingerprint density at radius 2 is 1.83 bits per heavy atom. The van der Waals surface area contributed by atoms with Gasteiger partial charge in [0.2, 0.25) is 11.9 Å². The second-order valence-corrected chi connectivity index (χ2v) is 6.93. The minimum Gasteiger partial charge on any atom is -0.467 e. The summed E-state index contributed by atoms with van der Waals surface area (Å²) in [5.74, 6) is 1.86. The fourth-order valence-corrected chi connectivity index (χ4v) is 3.41. The molecule has 0 bridgehead atoms. The highest BCUT2D eigenvalue weighted by molar-refractivity contribution is 5.61. The quantitative estimate of drug-likeness (QED) is 0.663. The maximum atomic E-state index is 5.97. The molecule has 2 aromatic carbocycles. The normalized spacial score (nSPS) is 17.6. The molecule has 0 radical (unpaired) electrons. The number of morpholine rings is 1. The number of anilines is 4. The van der Waals surface area contributed by atoms with Crippen LogP contribution in [0.25, 0.3) is 0 Å². The molecule has 2 aliphatic rings. The Balaban J connectivity index is 1.31.